The monoisotopic (exact) mass is 398 g/mol. The predicted octanol–water partition coefficient (Wildman–Crippen LogP) is 3.80. The molecule has 0 saturated carbocycles. The maximum atomic E-state index is 11.5. The molecule has 1 aromatic heterocycles. The lowest BCUT2D eigenvalue weighted by molar-refractivity contribution is 0.300. The third-order valence-electron chi connectivity index (χ3n) is 5.68. The third-order valence-corrected chi connectivity index (χ3v) is 6.44. The van der Waals surface area contributed by atoms with Crippen LogP contribution in [0.5, 0.6) is 0 Å². The van der Waals surface area contributed by atoms with E-state index in [0.29, 0.717) is 6.42 Å². The van der Waals surface area contributed by atoms with Crippen LogP contribution in [0.25, 0.3) is 10.9 Å². The molecule has 0 radical (unpaired) electrons. The Labute approximate surface area is 166 Å². The Kier molecular flexibility index (Phi) is 5.04. The standard InChI is InChI=1S/C22H26N2O3S/c1-16-8-9-21-19(14-16)18-10-12-23(2)15-22(18)24(21)20(11-13-28(25,26)27)17-6-4-3-5-7-17/h3-9,14,20H,10-13,15H2,1-2H3,(H,25,26,27). The number of rotatable bonds is 5. The van der Waals surface area contributed by atoms with Crippen LogP contribution in [0.3, 0.4) is 0 Å². The first-order chi connectivity index (χ1) is 13.3. The highest BCUT2D eigenvalue weighted by molar-refractivity contribution is 7.85. The fourth-order valence-corrected chi connectivity index (χ4v) is 4.89. The van der Waals surface area contributed by atoms with Crippen LogP contribution < -0.4 is 0 Å². The second-order valence-corrected chi connectivity index (χ2v) is 9.38. The zero-order chi connectivity index (χ0) is 19.9. The van der Waals surface area contributed by atoms with E-state index >= 15 is 0 Å². The molecule has 0 spiro atoms. The van der Waals surface area contributed by atoms with Crippen molar-refractivity contribution in [1.82, 2.24) is 9.47 Å². The third kappa shape index (κ3) is 3.72. The Hall–Kier alpha value is -2.15. The number of aryl methyl sites for hydroxylation is 1. The van der Waals surface area contributed by atoms with Crippen molar-refractivity contribution in [2.24, 2.45) is 0 Å². The smallest absolute Gasteiger partial charge is 0.264 e. The molecule has 0 saturated heterocycles. The topological polar surface area (TPSA) is 62.5 Å². The van der Waals surface area contributed by atoms with Crippen LogP contribution in [0.1, 0.15) is 34.8 Å². The normalized spacial score (nSPS) is 16.2. The van der Waals surface area contributed by atoms with Crippen LogP contribution in [0.4, 0.5) is 0 Å². The number of aromatic nitrogens is 1. The van der Waals surface area contributed by atoms with Crippen molar-refractivity contribution in [3.05, 3.63) is 70.9 Å². The summed E-state index contributed by atoms with van der Waals surface area (Å²) in [4.78, 5) is 2.30. The summed E-state index contributed by atoms with van der Waals surface area (Å²) in [6.07, 6.45) is 1.31. The fraction of sp³-hybridized carbons (Fsp3) is 0.364. The minimum absolute atomic E-state index is 0.149. The molecule has 1 aliphatic rings. The van der Waals surface area contributed by atoms with Crippen molar-refractivity contribution in [1.29, 1.82) is 0 Å². The van der Waals surface area contributed by atoms with Crippen LogP contribution in [0.15, 0.2) is 48.5 Å². The van der Waals surface area contributed by atoms with Gasteiger partial charge in [-0.2, -0.15) is 8.42 Å². The van der Waals surface area contributed by atoms with E-state index < -0.39 is 10.1 Å². The Morgan fingerprint density at radius 1 is 1.14 bits per heavy atom. The van der Waals surface area contributed by atoms with Gasteiger partial charge < -0.3 is 9.47 Å². The molecule has 0 fully saturated rings. The van der Waals surface area contributed by atoms with E-state index in [0.717, 1.165) is 30.6 Å². The lowest BCUT2D eigenvalue weighted by atomic mass is 10.0. The number of benzene rings is 2. The molecule has 6 heteroatoms. The first kappa shape index (κ1) is 19.2. The molecule has 148 valence electrons. The highest BCUT2D eigenvalue weighted by atomic mass is 32.2. The van der Waals surface area contributed by atoms with E-state index in [-0.39, 0.29) is 11.8 Å². The first-order valence-electron chi connectivity index (χ1n) is 9.64. The van der Waals surface area contributed by atoms with Crippen LogP contribution in [-0.4, -0.2) is 41.8 Å². The molecule has 5 nitrogen and oxygen atoms in total. The quantitative estimate of drug-likeness (QED) is 0.664. The zero-order valence-electron chi connectivity index (χ0n) is 16.3. The largest absolute Gasteiger partial charge is 0.335 e. The lowest BCUT2D eigenvalue weighted by Gasteiger charge is -2.28. The summed E-state index contributed by atoms with van der Waals surface area (Å²) in [5.41, 5.74) is 6.03. The second kappa shape index (κ2) is 7.35. The van der Waals surface area contributed by atoms with Gasteiger partial charge in [-0.1, -0.05) is 42.0 Å². The molecule has 1 unspecified atom stereocenters. The molecule has 0 amide bonds. The molecule has 1 aliphatic heterocycles. The van der Waals surface area contributed by atoms with Gasteiger partial charge in [-0.25, -0.2) is 0 Å². The van der Waals surface area contributed by atoms with Crippen LogP contribution >= 0.6 is 0 Å². The van der Waals surface area contributed by atoms with Crippen molar-refractivity contribution < 1.29 is 13.0 Å². The molecule has 2 heterocycles. The van der Waals surface area contributed by atoms with Crippen LogP contribution in [-0.2, 0) is 23.1 Å². The van der Waals surface area contributed by atoms with E-state index in [1.807, 2.05) is 30.3 Å². The summed E-state index contributed by atoms with van der Waals surface area (Å²) in [6, 6.07) is 16.3. The van der Waals surface area contributed by atoms with E-state index in [1.54, 1.807) is 0 Å². The molecule has 0 aliphatic carbocycles. The minimum atomic E-state index is -4.03. The summed E-state index contributed by atoms with van der Waals surface area (Å²) >= 11 is 0. The molecule has 2 aromatic carbocycles. The lowest BCUT2D eigenvalue weighted by Crippen LogP contribution is -2.29. The van der Waals surface area contributed by atoms with Gasteiger partial charge in [0.2, 0.25) is 0 Å². The average Bonchev–Trinajstić information content (AvgIpc) is 2.95. The summed E-state index contributed by atoms with van der Waals surface area (Å²) in [6.45, 7) is 3.95. The molecule has 4 rings (SSSR count). The summed E-state index contributed by atoms with van der Waals surface area (Å²) in [7, 11) is -1.92. The van der Waals surface area contributed by atoms with Crippen LogP contribution in [0, 0.1) is 6.92 Å². The molecule has 1 atom stereocenters. The van der Waals surface area contributed by atoms with Crippen LogP contribution in [0.2, 0.25) is 0 Å². The Bertz CT molecular complexity index is 1100. The van der Waals surface area contributed by atoms with Gasteiger partial charge in [-0.3, -0.25) is 4.55 Å². The van der Waals surface area contributed by atoms with Crippen molar-refractivity contribution in [3.63, 3.8) is 0 Å². The maximum Gasteiger partial charge on any atom is 0.264 e. The number of likely N-dealkylation sites (N-methyl/N-ethyl adjacent to an activating group) is 1. The van der Waals surface area contributed by atoms with Gasteiger partial charge in [0.05, 0.1) is 11.8 Å². The van der Waals surface area contributed by atoms with Gasteiger partial charge >= 0.3 is 0 Å². The van der Waals surface area contributed by atoms with Crippen molar-refractivity contribution in [3.8, 4) is 0 Å². The number of hydrogen-bond donors (Lipinski definition) is 1. The predicted molar refractivity (Wildman–Crippen MR) is 112 cm³/mol. The molecule has 1 N–H and O–H groups in total. The summed E-state index contributed by atoms with van der Waals surface area (Å²) in [5.74, 6) is -0.261. The Morgan fingerprint density at radius 2 is 1.89 bits per heavy atom. The zero-order valence-corrected chi connectivity index (χ0v) is 17.1. The molecular formula is C22H26N2O3S. The van der Waals surface area contributed by atoms with Gasteiger partial charge in [0.15, 0.2) is 0 Å². The summed E-state index contributed by atoms with van der Waals surface area (Å²) < 4.78 is 34.7. The van der Waals surface area contributed by atoms with Gasteiger partial charge in [-0.05, 0) is 50.1 Å². The van der Waals surface area contributed by atoms with E-state index in [2.05, 4.69) is 41.6 Å². The molecule has 28 heavy (non-hydrogen) atoms. The van der Waals surface area contributed by atoms with Crippen molar-refractivity contribution in [2.45, 2.75) is 32.4 Å². The van der Waals surface area contributed by atoms with E-state index in [4.69, 9.17) is 0 Å². The van der Waals surface area contributed by atoms with E-state index in [9.17, 15) is 13.0 Å². The van der Waals surface area contributed by atoms with Crippen molar-refractivity contribution in [2.75, 3.05) is 19.3 Å². The minimum Gasteiger partial charge on any atom is -0.335 e. The highest BCUT2D eigenvalue weighted by Crippen LogP contribution is 2.37. The Morgan fingerprint density at radius 3 is 2.61 bits per heavy atom. The van der Waals surface area contributed by atoms with Gasteiger partial charge in [0, 0.05) is 29.7 Å². The Balaban J connectivity index is 1.94. The summed E-state index contributed by atoms with van der Waals surface area (Å²) in [5, 5.41) is 1.26. The molecular weight excluding hydrogens is 372 g/mol. The first-order valence-corrected chi connectivity index (χ1v) is 11.3. The van der Waals surface area contributed by atoms with Crippen molar-refractivity contribution >= 4 is 21.0 Å². The SMILES string of the molecule is Cc1ccc2c(c1)c1c(n2C(CCS(=O)(=O)O)c2ccccc2)CN(C)CC1. The van der Waals surface area contributed by atoms with Gasteiger partial charge in [-0.15, -0.1) is 0 Å². The number of fused-ring (bicyclic) bond motifs is 3. The van der Waals surface area contributed by atoms with Gasteiger partial charge in [0.1, 0.15) is 0 Å². The van der Waals surface area contributed by atoms with E-state index in [1.165, 1.54) is 22.2 Å². The fourth-order valence-electron chi connectivity index (χ4n) is 4.37. The maximum absolute atomic E-state index is 11.5. The molecule has 0 bridgehead atoms. The van der Waals surface area contributed by atoms with Gasteiger partial charge in [0.25, 0.3) is 10.1 Å². The number of hydrogen-bond acceptors (Lipinski definition) is 3. The number of nitrogens with zero attached hydrogens (tertiary/aromatic N) is 2. The molecule has 3 aromatic rings. The average molecular weight is 399 g/mol. The second-order valence-electron chi connectivity index (χ2n) is 7.80. The highest BCUT2D eigenvalue weighted by Gasteiger charge is 2.27.